The van der Waals surface area contributed by atoms with Gasteiger partial charge in [-0.25, -0.2) is 0 Å². The van der Waals surface area contributed by atoms with E-state index in [9.17, 15) is 10.2 Å². The Hall–Kier alpha value is -1.66. The lowest BCUT2D eigenvalue weighted by atomic mass is 9.78. The fourth-order valence-corrected chi connectivity index (χ4v) is 2.41. The molecule has 18 heavy (non-hydrogen) atoms. The average molecular weight is 242 g/mol. The molecule has 2 aromatic rings. The predicted molar refractivity (Wildman–Crippen MR) is 66.9 cm³/mol. The summed E-state index contributed by atoms with van der Waals surface area (Å²) in [6.07, 6.45) is 0. The van der Waals surface area contributed by atoms with Crippen LogP contribution in [0.4, 0.5) is 0 Å². The zero-order valence-electron chi connectivity index (χ0n) is 9.41. The van der Waals surface area contributed by atoms with E-state index in [4.69, 9.17) is 10.0 Å². The molecule has 0 atom stereocenters. The van der Waals surface area contributed by atoms with Crippen molar-refractivity contribution in [3.8, 4) is 11.1 Å². The van der Waals surface area contributed by atoms with E-state index in [2.05, 4.69) is 0 Å². The molecule has 0 spiro atoms. The molecule has 0 saturated heterocycles. The van der Waals surface area contributed by atoms with Crippen molar-refractivity contribution in [1.82, 2.24) is 0 Å². The first kappa shape index (κ1) is 11.4. The van der Waals surface area contributed by atoms with Crippen LogP contribution >= 0.6 is 0 Å². The van der Waals surface area contributed by atoms with Gasteiger partial charge >= 0.3 is 7.12 Å². The highest BCUT2D eigenvalue weighted by molar-refractivity contribution is 6.58. The molecular formula is C13H11BO4. The van der Waals surface area contributed by atoms with E-state index in [1.165, 1.54) is 6.07 Å². The van der Waals surface area contributed by atoms with Gasteiger partial charge in [0.25, 0.3) is 0 Å². The Kier molecular flexibility index (Phi) is 2.33. The van der Waals surface area contributed by atoms with Crippen LogP contribution in [-0.2, 0) is 5.79 Å². The molecule has 0 bridgehead atoms. The van der Waals surface area contributed by atoms with Gasteiger partial charge in [-0.1, -0.05) is 42.5 Å². The Morgan fingerprint density at radius 2 is 1.50 bits per heavy atom. The summed E-state index contributed by atoms with van der Waals surface area (Å²) in [5, 5.41) is 38.7. The predicted octanol–water partition coefficient (Wildman–Crippen LogP) is -0.468. The van der Waals surface area contributed by atoms with E-state index in [0.717, 1.165) is 5.56 Å². The molecule has 3 rings (SSSR count). The SMILES string of the molecule is OB(O)c1ccc2c(c1)C(O)(O)c1ccccc1-2. The third-order valence-corrected chi connectivity index (χ3v) is 3.31. The maximum Gasteiger partial charge on any atom is 0.488 e. The molecule has 4 N–H and O–H groups in total. The molecule has 0 aromatic heterocycles. The lowest BCUT2D eigenvalue weighted by molar-refractivity contribution is -0.128. The smallest absolute Gasteiger partial charge is 0.423 e. The van der Waals surface area contributed by atoms with Crippen LogP contribution in [0.15, 0.2) is 42.5 Å². The van der Waals surface area contributed by atoms with Gasteiger partial charge < -0.3 is 20.3 Å². The van der Waals surface area contributed by atoms with Gasteiger partial charge in [0.15, 0.2) is 0 Å². The Labute approximate surface area is 104 Å². The standard InChI is InChI=1S/C13H11BO4/c15-13(16)11-4-2-1-3-9(11)10-6-5-8(14(17)18)7-12(10)13/h1-7,15-18H. The molecule has 0 heterocycles. The van der Waals surface area contributed by atoms with Gasteiger partial charge in [0.1, 0.15) is 0 Å². The molecule has 0 amide bonds. The summed E-state index contributed by atoms with van der Waals surface area (Å²) < 4.78 is 0. The monoisotopic (exact) mass is 242 g/mol. The van der Waals surface area contributed by atoms with E-state index < -0.39 is 12.9 Å². The second-order valence-electron chi connectivity index (χ2n) is 4.40. The second kappa shape index (κ2) is 3.67. The number of benzene rings is 2. The molecule has 5 heteroatoms. The minimum atomic E-state index is -2.09. The van der Waals surface area contributed by atoms with Crippen LogP contribution in [-0.4, -0.2) is 27.4 Å². The number of hydrogen-bond acceptors (Lipinski definition) is 4. The molecule has 2 aromatic carbocycles. The van der Waals surface area contributed by atoms with Gasteiger partial charge in [0, 0.05) is 11.1 Å². The van der Waals surface area contributed by atoms with Gasteiger partial charge in [0.2, 0.25) is 5.79 Å². The highest BCUT2D eigenvalue weighted by Gasteiger charge is 2.40. The van der Waals surface area contributed by atoms with Crippen molar-refractivity contribution in [2.24, 2.45) is 0 Å². The minimum absolute atomic E-state index is 0.231. The number of rotatable bonds is 1. The third kappa shape index (κ3) is 1.42. The molecule has 0 fully saturated rings. The highest BCUT2D eigenvalue weighted by atomic mass is 16.5. The van der Waals surface area contributed by atoms with Crippen LogP contribution in [0.2, 0.25) is 0 Å². The Balaban J connectivity index is 2.28. The highest BCUT2D eigenvalue weighted by Crippen LogP contribution is 2.45. The maximum absolute atomic E-state index is 10.2. The van der Waals surface area contributed by atoms with Crippen LogP contribution < -0.4 is 5.46 Å². The van der Waals surface area contributed by atoms with Crippen molar-refractivity contribution in [3.63, 3.8) is 0 Å². The first-order valence-electron chi connectivity index (χ1n) is 5.57. The lowest BCUT2D eigenvalue weighted by Gasteiger charge is -2.18. The Bertz CT molecular complexity index is 622. The molecule has 1 aliphatic rings. The van der Waals surface area contributed by atoms with Crippen LogP contribution in [0.25, 0.3) is 11.1 Å². The van der Waals surface area contributed by atoms with E-state index in [0.29, 0.717) is 11.1 Å². The van der Waals surface area contributed by atoms with Gasteiger partial charge in [-0.15, -0.1) is 0 Å². The normalized spacial score (nSPS) is 15.1. The van der Waals surface area contributed by atoms with Crippen molar-refractivity contribution >= 4 is 12.6 Å². The van der Waals surface area contributed by atoms with E-state index in [-0.39, 0.29) is 11.0 Å². The summed E-state index contributed by atoms with van der Waals surface area (Å²) >= 11 is 0. The molecule has 90 valence electrons. The van der Waals surface area contributed by atoms with Crippen molar-refractivity contribution in [1.29, 1.82) is 0 Å². The second-order valence-corrected chi connectivity index (χ2v) is 4.40. The van der Waals surface area contributed by atoms with Gasteiger partial charge in [-0.3, -0.25) is 0 Å². The summed E-state index contributed by atoms with van der Waals surface area (Å²) in [5.41, 5.74) is 2.35. The van der Waals surface area contributed by atoms with Gasteiger partial charge in [0.05, 0.1) is 0 Å². The Morgan fingerprint density at radius 1 is 0.833 bits per heavy atom. The fourth-order valence-electron chi connectivity index (χ4n) is 2.41. The average Bonchev–Trinajstić information content (AvgIpc) is 2.59. The number of fused-ring (bicyclic) bond motifs is 3. The summed E-state index contributed by atoms with van der Waals surface area (Å²) in [5.74, 6) is -2.09. The van der Waals surface area contributed by atoms with Crippen LogP contribution in [0.3, 0.4) is 0 Å². The first-order valence-corrected chi connectivity index (χ1v) is 5.57. The molecule has 0 aliphatic heterocycles. The van der Waals surface area contributed by atoms with Crippen LogP contribution in [0, 0.1) is 0 Å². The van der Waals surface area contributed by atoms with Crippen LogP contribution in [0.5, 0.6) is 0 Å². The maximum atomic E-state index is 10.2. The summed E-state index contributed by atoms with van der Waals surface area (Å²) in [4.78, 5) is 0. The summed E-state index contributed by atoms with van der Waals surface area (Å²) in [6, 6.07) is 11.6. The zero-order chi connectivity index (χ0) is 12.9. The van der Waals surface area contributed by atoms with Crippen molar-refractivity contribution in [3.05, 3.63) is 53.6 Å². The third-order valence-electron chi connectivity index (χ3n) is 3.31. The van der Waals surface area contributed by atoms with E-state index >= 15 is 0 Å². The largest absolute Gasteiger partial charge is 0.488 e. The Morgan fingerprint density at radius 3 is 2.22 bits per heavy atom. The fraction of sp³-hybridized carbons (Fsp3) is 0.0769. The minimum Gasteiger partial charge on any atom is -0.423 e. The quantitative estimate of drug-likeness (QED) is 0.402. The van der Waals surface area contributed by atoms with E-state index in [1.807, 2.05) is 6.07 Å². The zero-order valence-corrected chi connectivity index (χ0v) is 9.41. The van der Waals surface area contributed by atoms with Crippen molar-refractivity contribution < 1.29 is 20.3 Å². The number of hydrogen-bond donors (Lipinski definition) is 4. The molecule has 0 radical (unpaired) electrons. The van der Waals surface area contributed by atoms with Gasteiger partial charge in [-0.2, -0.15) is 0 Å². The van der Waals surface area contributed by atoms with E-state index in [1.54, 1.807) is 30.3 Å². The molecule has 0 unspecified atom stereocenters. The summed E-state index contributed by atoms with van der Waals surface area (Å²) in [6.45, 7) is 0. The molecule has 0 saturated carbocycles. The first-order chi connectivity index (χ1) is 8.51. The lowest BCUT2D eigenvalue weighted by Crippen LogP contribution is -2.32. The van der Waals surface area contributed by atoms with Crippen molar-refractivity contribution in [2.75, 3.05) is 0 Å². The topological polar surface area (TPSA) is 80.9 Å². The molecule has 1 aliphatic carbocycles. The summed E-state index contributed by atoms with van der Waals surface area (Å²) in [7, 11) is -1.63. The number of aliphatic hydroxyl groups is 2. The molecule has 4 nitrogen and oxygen atoms in total. The molecular weight excluding hydrogens is 231 g/mol. The van der Waals surface area contributed by atoms with Gasteiger partial charge in [-0.05, 0) is 16.6 Å². The van der Waals surface area contributed by atoms with Crippen molar-refractivity contribution in [2.45, 2.75) is 5.79 Å². The van der Waals surface area contributed by atoms with Crippen LogP contribution in [0.1, 0.15) is 11.1 Å².